The topological polar surface area (TPSA) is 101 Å². The van der Waals surface area contributed by atoms with Crippen molar-refractivity contribution in [2.45, 2.75) is 24.8 Å². The average molecular weight is 452 g/mol. The Balaban J connectivity index is 1.44. The fourth-order valence-electron chi connectivity index (χ4n) is 3.87. The smallest absolute Gasteiger partial charge is 0.231 e. The van der Waals surface area contributed by atoms with E-state index in [2.05, 4.69) is 5.16 Å². The van der Waals surface area contributed by atoms with Crippen LogP contribution in [-0.2, 0) is 27.6 Å². The number of benzene rings is 2. The van der Waals surface area contributed by atoms with Gasteiger partial charge in [0, 0.05) is 29.7 Å². The highest BCUT2D eigenvalue weighted by Crippen LogP contribution is 2.33. The predicted octanol–water partition coefficient (Wildman–Crippen LogP) is 3.30. The molecule has 0 fully saturated rings. The summed E-state index contributed by atoms with van der Waals surface area (Å²) in [6.07, 6.45) is 1.50. The second-order valence-corrected chi connectivity index (χ2v) is 9.69. The Labute approximate surface area is 184 Å². The third kappa shape index (κ3) is 3.87. The standard InChI is InChI=1S/C23H20N2O6S/c1-15-8-17(24-31-15)10-18(26)13-32(27,28)23-12-25(20-5-3-2-4-19(20)23)11-16-6-7-21-22(9-16)30-14-29-21/h2-9,12H,10-11,13-14H2,1H3. The van der Waals surface area contributed by atoms with Gasteiger partial charge in [-0.2, -0.15) is 0 Å². The molecule has 8 nitrogen and oxygen atoms in total. The van der Waals surface area contributed by atoms with Crippen LogP contribution in [0.4, 0.5) is 0 Å². The second kappa shape index (κ2) is 7.83. The summed E-state index contributed by atoms with van der Waals surface area (Å²) in [5, 5.41) is 4.35. The van der Waals surface area contributed by atoms with Crippen molar-refractivity contribution in [1.82, 2.24) is 9.72 Å². The number of fused-ring (bicyclic) bond motifs is 2. The summed E-state index contributed by atoms with van der Waals surface area (Å²) in [6, 6.07) is 14.5. The number of Topliss-reactive ketones (excluding diaryl/α,β-unsaturated/α-hetero) is 1. The minimum Gasteiger partial charge on any atom is -0.454 e. The maximum atomic E-state index is 13.2. The van der Waals surface area contributed by atoms with E-state index in [1.807, 2.05) is 34.9 Å². The largest absolute Gasteiger partial charge is 0.454 e. The van der Waals surface area contributed by atoms with Gasteiger partial charge in [0.25, 0.3) is 0 Å². The number of aromatic nitrogens is 2. The molecule has 32 heavy (non-hydrogen) atoms. The van der Waals surface area contributed by atoms with Crippen molar-refractivity contribution in [1.29, 1.82) is 0 Å². The van der Waals surface area contributed by atoms with E-state index in [4.69, 9.17) is 14.0 Å². The molecule has 3 heterocycles. The molecule has 4 aromatic rings. The van der Waals surface area contributed by atoms with Crippen LogP contribution in [0, 0.1) is 6.92 Å². The van der Waals surface area contributed by atoms with Crippen molar-refractivity contribution < 1.29 is 27.2 Å². The van der Waals surface area contributed by atoms with E-state index in [-0.39, 0.29) is 18.1 Å². The number of hydrogen-bond acceptors (Lipinski definition) is 7. The van der Waals surface area contributed by atoms with Gasteiger partial charge in [-0.25, -0.2) is 8.42 Å². The lowest BCUT2D eigenvalue weighted by atomic mass is 10.2. The number of aryl methyl sites for hydroxylation is 1. The number of hydrogen-bond donors (Lipinski definition) is 0. The zero-order valence-corrected chi connectivity index (χ0v) is 18.1. The monoisotopic (exact) mass is 452 g/mol. The molecule has 0 saturated heterocycles. The van der Waals surface area contributed by atoms with Crippen LogP contribution in [0.5, 0.6) is 11.5 Å². The van der Waals surface area contributed by atoms with E-state index in [1.165, 1.54) is 0 Å². The Kier molecular flexibility index (Phi) is 4.97. The van der Waals surface area contributed by atoms with Gasteiger partial charge in [0.15, 0.2) is 27.1 Å². The SMILES string of the molecule is Cc1cc(CC(=O)CS(=O)(=O)c2cn(Cc3ccc4c(c3)OCO4)c3ccccc23)no1. The van der Waals surface area contributed by atoms with E-state index < -0.39 is 21.4 Å². The normalized spacial score (nSPS) is 13.0. The number of sulfone groups is 1. The molecule has 0 aliphatic carbocycles. The first-order chi connectivity index (χ1) is 15.4. The summed E-state index contributed by atoms with van der Waals surface area (Å²) in [4.78, 5) is 12.6. The molecule has 0 spiro atoms. The van der Waals surface area contributed by atoms with Gasteiger partial charge in [-0.05, 0) is 30.7 Å². The molecule has 0 bridgehead atoms. The first kappa shape index (κ1) is 20.3. The zero-order chi connectivity index (χ0) is 22.3. The van der Waals surface area contributed by atoms with E-state index in [1.54, 1.807) is 31.3 Å². The predicted molar refractivity (Wildman–Crippen MR) is 116 cm³/mol. The Morgan fingerprint density at radius 2 is 1.91 bits per heavy atom. The lowest BCUT2D eigenvalue weighted by molar-refractivity contribution is -0.116. The molecular formula is C23H20N2O6S. The van der Waals surface area contributed by atoms with Crippen LogP contribution in [0.3, 0.4) is 0 Å². The van der Waals surface area contributed by atoms with Crippen molar-refractivity contribution in [3.8, 4) is 11.5 Å². The molecule has 2 aromatic heterocycles. The maximum absolute atomic E-state index is 13.2. The number of ketones is 1. The van der Waals surface area contributed by atoms with Crippen LogP contribution in [0.2, 0.25) is 0 Å². The fourth-order valence-corrected chi connectivity index (χ4v) is 5.35. The molecule has 0 atom stereocenters. The Morgan fingerprint density at radius 3 is 2.72 bits per heavy atom. The van der Waals surface area contributed by atoms with Crippen LogP contribution >= 0.6 is 0 Å². The van der Waals surface area contributed by atoms with Crippen molar-refractivity contribution >= 4 is 26.5 Å². The van der Waals surface area contributed by atoms with E-state index in [0.717, 1.165) is 11.1 Å². The molecule has 0 unspecified atom stereocenters. The van der Waals surface area contributed by atoms with Gasteiger partial charge in [0.1, 0.15) is 11.5 Å². The quantitative estimate of drug-likeness (QED) is 0.424. The Morgan fingerprint density at radius 1 is 1.09 bits per heavy atom. The Bertz CT molecular complexity index is 1430. The van der Waals surface area contributed by atoms with Crippen molar-refractivity contribution in [3.63, 3.8) is 0 Å². The minimum atomic E-state index is -3.85. The summed E-state index contributed by atoms with van der Waals surface area (Å²) in [6.45, 7) is 2.35. The average Bonchev–Trinajstić information content (AvgIpc) is 3.46. The van der Waals surface area contributed by atoms with E-state index in [9.17, 15) is 13.2 Å². The lowest BCUT2D eigenvalue weighted by Crippen LogP contribution is -2.18. The van der Waals surface area contributed by atoms with Crippen molar-refractivity contribution in [2.24, 2.45) is 0 Å². The van der Waals surface area contributed by atoms with Gasteiger partial charge in [0.05, 0.1) is 17.0 Å². The summed E-state index contributed by atoms with van der Waals surface area (Å²) in [5.74, 6) is 0.889. The third-order valence-corrected chi connectivity index (χ3v) is 6.98. The number of carbonyl (C=O) groups is 1. The summed E-state index contributed by atoms with van der Waals surface area (Å²) >= 11 is 0. The maximum Gasteiger partial charge on any atom is 0.231 e. The molecule has 0 amide bonds. The zero-order valence-electron chi connectivity index (χ0n) is 17.3. The summed E-state index contributed by atoms with van der Waals surface area (Å²) in [5.41, 5.74) is 2.13. The van der Waals surface area contributed by atoms with Gasteiger partial charge in [-0.1, -0.05) is 29.4 Å². The number of rotatable bonds is 7. The molecule has 1 aliphatic rings. The molecule has 0 N–H and O–H groups in total. The fraction of sp³-hybridized carbons (Fsp3) is 0.217. The highest BCUT2D eigenvalue weighted by molar-refractivity contribution is 7.92. The number of para-hydroxylation sites is 1. The van der Waals surface area contributed by atoms with Crippen LogP contribution in [0.15, 0.2) is 64.1 Å². The van der Waals surface area contributed by atoms with Crippen molar-refractivity contribution in [2.75, 3.05) is 12.5 Å². The van der Waals surface area contributed by atoms with Gasteiger partial charge in [-0.15, -0.1) is 0 Å². The van der Waals surface area contributed by atoms with Gasteiger partial charge >= 0.3 is 0 Å². The Hall–Kier alpha value is -3.59. The molecule has 9 heteroatoms. The molecule has 2 aromatic carbocycles. The second-order valence-electron chi connectivity index (χ2n) is 7.73. The van der Waals surface area contributed by atoms with Crippen LogP contribution in [-0.4, -0.2) is 36.5 Å². The van der Waals surface area contributed by atoms with Gasteiger partial charge in [-0.3, -0.25) is 4.79 Å². The number of nitrogens with zero attached hydrogens (tertiary/aromatic N) is 2. The van der Waals surface area contributed by atoms with Gasteiger partial charge in [0.2, 0.25) is 6.79 Å². The molecule has 1 aliphatic heterocycles. The van der Waals surface area contributed by atoms with E-state index in [0.29, 0.717) is 34.9 Å². The van der Waals surface area contributed by atoms with E-state index >= 15 is 0 Å². The number of carbonyl (C=O) groups excluding carboxylic acids is 1. The molecule has 0 saturated carbocycles. The van der Waals surface area contributed by atoms with Gasteiger partial charge < -0.3 is 18.6 Å². The summed E-state index contributed by atoms with van der Waals surface area (Å²) < 4.78 is 43.9. The molecular weight excluding hydrogens is 432 g/mol. The van der Waals surface area contributed by atoms with Crippen LogP contribution in [0.1, 0.15) is 17.0 Å². The first-order valence-corrected chi connectivity index (χ1v) is 11.7. The molecule has 164 valence electrons. The third-order valence-electron chi connectivity index (χ3n) is 5.28. The number of ether oxygens (including phenoxy) is 2. The first-order valence-electron chi connectivity index (χ1n) is 10.0. The van der Waals surface area contributed by atoms with Crippen LogP contribution < -0.4 is 9.47 Å². The lowest BCUT2D eigenvalue weighted by Gasteiger charge is -2.06. The highest BCUT2D eigenvalue weighted by Gasteiger charge is 2.25. The summed E-state index contributed by atoms with van der Waals surface area (Å²) in [7, 11) is -3.85. The minimum absolute atomic E-state index is 0.0909. The molecule has 0 radical (unpaired) electrons. The highest BCUT2D eigenvalue weighted by atomic mass is 32.2. The van der Waals surface area contributed by atoms with Crippen LogP contribution in [0.25, 0.3) is 10.9 Å². The molecule has 5 rings (SSSR count). The van der Waals surface area contributed by atoms with Crippen molar-refractivity contribution in [3.05, 3.63) is 71.7 Å².